The maximum atomic E-state index is 12.8. The van der Waals surface area contributed by atoms with Gasteiger partial charge in [0.25, 0.3) is 0 Å². The number of aldehydes is 1. The molecule has 1 N–H and O–H groups in total. The molecule has 4 nitrogen and oxygen atoms in total. The SMILES string of the molecule is C[C@@H](NC(=O)OCC1c2ccccc2-c2ccccc21)[SH]1C=CC(Cl)=C1c1ccccc1C=O. The van der Waals surface area contributed by atoms with Crippen molar-refractivity contribution in [1.82, 2.24) is 5.32 Å². The summed E-state index contributed by atoms with van der Waals surface area (Å²) >= 11 is 6.51. The van der Waals surface area contributed by atoms with E-state index in [0.717, 1.165) is 16.8 Å². The summed E-state index contributed by atoms with van der Waals surface area (Å²) in [5.41, 5.74) is 6.13. The molecule has 0 aromatic heterocycles. The molecule has 5 rings (SSSR count). The van der Waals surface area contributed by atoms with Gasteiger partial charge in [-0.2, -0.15) is 10.9 Å². The molecule has 1 aliphatic carbocycles. The second kappa shape index (κ2) is 9.53. The number of alkyl carbamates (subject to hydrolysis) is 1. The van der Waals surface area contributed by atoms with E-state index in [0.29, 0.717) is 10.6 Å². The van der Waals surface area contributed by atoms with Gasteiger partial charge in [-0.05, 0) is 46.2 Å². The zero-order valence-electron chi connectivity index (χ0n) is 18.6. The monoisotopic (exact) mass is 489 g/mol. The number of hydrogen-bond donors (Lipinski definition) is 2. The summed E-state index contributed by atoms with van der Waals surface area (Å²) in [7, 11) is -0.949. The number of thiol groups is 1. The molecule has 0 saturated heterocycles. The first-order chi connectivity index (χ1) is 16.6. The highest BCUT2D eigenvalue weighted by Gasteiger charge is 2.30. The van der Waals surface area contributed by atoms with E-state index in [4.69, 9.17) is 16.3 Å². The summed E-state index contributed by atoms with van der Waals surface area (Å²) in [5, 5.41) is 5.39. The molecular formula is C28H24ClNO3S. The number of amides is 1. The van der Waals surface area contributed by atoms with Crippen LogP contribution >= 0.6 is 22.5 Å². The molecule has 34 heavy (non-hydrogen) atoms. The van der Waals surface area contributed by atoms with Crippen molar-refractivity contribution < 1.29 is 14.3 Å². The van der Waals surface area contributed by atoms with Crippen LogP contribution in [-0.4, -0.2) is 24.4 Å². The maximum absolute atomic E-state index is 12.8. The summed E-state index contributed by atoms with van der Waals surface area (Å²) in [5.74, 6) is 0.00918. The summed E-state index contributed by atoms with van der Waals surface area (Å²) in [6.45, 7) is 2.20. The van der Waals surface area contributed by atoms with Crippen molar-refractivity contribution in [3.8, 4) is 11.1 Å². The van der Waals surface area contributed by atoms with Gasteiger partial charge in [-0.3, -0.25) is 4.79 Å². The lowest BCUT2D eigenvalue weighted by atomic mass is 9.98. The average Bonchev–Trinajstić information content (AvgIpc) is 3.40. The Hall–Kier alpha value is -3.28. The predicted octanol–water partition coefficient (Wildman–Crippen LogP) is 6.82. The molecule has 3 aromatic rings. The normalized spacial score (nSPS) is 18.4. The fraction of sp³-hybridized carbons (Fsp3) is 0.143. The zero-order valence-corrected chi connectivity index (χ0v) is 20.2. The van der Waals surface area contributed by atoms with Gasteiger partial charge in [0.2, 0.25) is 0 Å². The van der Waals surface area contributed by atoms with Gasteiger partial charge in [0.15, 0.2) is 6.29 Å². The van der Waals surface area contributed by atoms with Crippen molar-refractivity contribution >= 4 is 39.8 Å². The van der Waals surface area contributed by atoms with Gasteiger partial charge < -0.3 is 10.1 Å². The van der Waals surface area contributed by atoms with Gasteiger partial charge in [-0.25, -0.2) is 4.79 Å². The molecular weight excluding hydrogens is 466 g/mol. The highest BCUT2D eigenvalue weighted by Crippen LogP contribution is 2.54. The van der Waals surface area contributed by atoms with Crippen LogP contribution in [0.4, 0.5) is 4.79 Å². The second-order valence-electron chi connectivity index (χ2n) is 8.27. The topological polar surface area (TPSA) is 55.4 Å². The molecule has 3 aromatic carbocycles. The summed E-state index contributed by atoms with van der Waals surface area (Å²) < 4.78 is 5.71. The standard InChI is InChI=1S/C28H24ClNO3S/c1-18(34-15-14-26(29)27(34)20-9-3-2-8-19(20)16-31)30-28(32)33-17-25-23-12-6-4-10-21(23)22-11-5-7-13-24(22)25/h2-16,18,25,34H,17H2,1H3,(H,30,32)/t18-/m0/s1. The molecule has 0 bridgehead atoms. The minimum absolute atomic E-state index is 0.00918. The van der Waals surface area contributed by atoms with Crippen molar-refractivity contribution in [2.24, 2.45) is 0 Å². The van der Waals surface area contributed by atoms with Gasteiger partial charge in [-0.15, -0.1) is 0 Å². The first kappa shape index (κ1) is 22.5. The van der Waals surface area contributed by atoms with Crippen LogP contribution in [0, 0.1) is 0 Å². The molecule has 6 heteroatoms. The van der Waals surface area contributed by atoms with Crippen LogP contribution in [0.5, 0.6) is 0 Å². The highest BCUT2D eigenvalue weighted by molar-refractivity contribution is 8.28. The fourth-order valence-electron chi connectivity index (χ4n) is 4.71. The maximum Gasteiger partial charge on any atom is 0.407 e. The van der Waals surface area contributed by atoms with Gasteiger partial charge in [0.05, 0.1) is 10.4 Å². The van der Waals surface area contributed by atoms with Crippen molar-refractivity contribution in [2.45, 2.75) is 18.2 Å². The summed E-state index contributed by atoms with van der Waals surface area (Å²) in [4.78, 5) is 25.2. The average molecular weight is 490 g/mol. The van der Waals surface area contributed by atoms with E-state index in [1.54, 1.807) is 6.07 Å². The van der Waals surface area contributed by atoms with Crippen molar-refractivity contribution in [3.63, 3.8) is 0 Å². The molecule has 1 amide bonds. The molecule has 1 heterocycles. The Kier molecular flexibility index (Phi) is 6.31. The van der Waals surface area contributed by atoms with Crippen molar-refractivity contribution in [1.29, 1.82) is 0 Å². The number of carbonyl (C=O) groups is 2. The molecule has 2 atom stereocenters. The van der Waals surface area contributed by atoms with E-state index in [1.807, 2.05) is 60.9 Å². The number of rotatable bonds is 6. The number of hydrogen-bond acceptors (Lipinski definition) is 3. The summed E-state index contributed by atoms with van der Waals surface area (Å²) in [6.07, 6.45) is 2.22. The predicted molar refractivity (Wildman–Crippen MR) is 140 cm³/mol. The number of ether oxygens (including phenoxy) is 1. The second-order valence-corrected chi connectivity index (χ2v) is 11.0. The minimum Gasteiger partial charge on any atom is -0.449 e. The number of benzene rings is 3. The van der Waals surface area contributed by atoms with Gasteiger partial charge in [0.1, 0.15) is 6.61 Å². The minimum atomic E-state index is -0.949. The van der Waals surface area contributed by atoms with Crippen LogP contribution in [0.25, 0.3) is 16.0 Å². The van der Waals surface area contributed by atoms with E-state index in [-0.39, 0.29) is 17.9 Å². The Morgan fingerprint density at radius 1 is 1.00 bits per heavy atom. The van der Waals surface area contributed by atoms with E-state index in [2.05, 4.69) is 29.6 Å². The number of halogens is 1. The van der Waals surface area contributed by atoms with Crippen molar-refractivity contribution in [2.75, 3.05) is 6.61 Å². The van der Waals surface area contributed by atoms with Gasteiger partial charge in [0, 0.05) is 16.4 Å². The first-order valence-electron chi connectivity index (χ1n) is 11.1. The number of fused-ring (bicyclic) bond motifs is 3. The molecule has 2 aliphatic rings. The Bertz CT molecular complexity index is 1290. The van der Waals surface area contributed by atoms with E-state index in [9.17, 15) is 9.59 Å². The lowest BCUT2D eigenvalue weighted by Gasteiger charge is -2.27. The molecule has 0 spiro atoms. The molecule has 172 valence electrons. The third kappa shape index (κ3) is 4.06. The zero-order chi connectivity index (χ0) is 23.7. The largest absolute Gasteiger partial charge is 0.449 e. The van der Waals surface area contributed by atoms with Crippen molar-refractivity contribution in [3.05, 3.63) is 112 Å². The van der Waals surface area contributed by atoms with Gasteiger partial charge in [-0.1, -0.05) is 84.4 Å². The first-order valence-corrected chi connectivity index (χ1v) is 13.0. The molecule has 1 unspecified atom stereocenters. The lowest BCUT2D eigenvalue weighted by Crippen LogP contribution is -2.33. The quantitative estimate of drug-likeness (QED) is 0.295. The van der Waals surface area contributed by atoms with E-state index in [1.165, 1.54) is 22.3 Å². The summed E-state index contributed by atoms with van der Waals surface area (Å²) in [6, 6.07) is 23.9. The van der Waals surface area contributed by atoms with Crippen LogP contribution in [0.15, 0.2) is 89.3 Å². The van der Waals surface area contributed by atoms with Crippen LogP contribution in [0.3, 0.4) is 0 Å². The number of nitrogens with one attached hydrogen (secondary N) is 1. The van der Waals surface area contributed by atoms with Crippen LogP contribution in [0.1, 0.15) is 39.9 Å². The Labute approximate surface area is 206 Å². The molecule has 1 aliphatic heterocycles. The number of allylic oxidation sites excluding steroid dienone is 2. The van der Waals surface area contributed by atoms with Crippen LogP contribution in [-0.2, 0) is 4.74 Å². The van der Waals surface area contributed by atoms with Gasteiger partial charge >= 0.3 is 6.09 Å². The molecule has 0 radical (unpaired) electrons. The highest BCUT2D eigenvalue weighted by atomic mass is 35.5. The van der Waals surface area contributed by atoms with E-state index < -0.39 is 17.0 Å². The van der Waals surface area contributed by atoms with E-state index >= 15 is 0 Å². The smallest absolute Gasteiger partial charge is 0.407 e. The third-order valence-corrected chi connectivity index (χ3v) is 9.18. The molecule has 0 saturated carbocycles. The Balaban J connectivity index is 1.28. The lowest BCUT2D eigenvalue weighted by molar-refractivity contribution is 0.112. The Morgan fingerprint density at radius 2 is 1.59 bits per heavy atom. The van der Waals surface area contributed by atoms with Crippen LogP contribution in [0.2, 0.25) is 0 Å². The third-order valence-electron chi connectivity index (χ3n) is 6.30. The number of carbonyl (C=O) groups excluding carboxylic acids is 2. The Morgan fingerprint density at radius 3 is 2.24 bits per heavy atom. The molecule has 0 fully saturated rings. The van der Waals surface area contributed by atoms with Crippen LogP contribution < -0.4 is 5.32 Å². The fourth-order valence-corrected chi connectivity index (χ4v) is 7.41.